The number of hydrogen-bond acceptors (Lipinski definition) is 4. The van der Waals surface area contributed by atoms with Crippen LogP contribution in [0.3, 0.4) is 0 Å². The maximum absolute atomic E-state index is 5.95. The number of hydrogen-bond donors (Lipinski definition) is 1. The van der Waals surface area contributed by atoms with E-state index < -0.39 is 0 Å². The summed E-state index contributed by atoms with van der Waals surface area (Å²) in [6, 6.07) is 2.43. The molecular weight excluding hydrogens is 298 g/mol. The van der Waals surface area contributed by atoms with Crippen molar-refractivity contribution in [1.82, 2.24) is 9.88 Å². The normalized spacial score (nSPS) is 19.9. The Labute approximate surface area is 115 Å². The topological polar surface area (TPSA) is 42.1 Å². The summed E-state index contributed by atoms with van der Waals surface area (Å²) in [5.74, 6) is 2.47. The second kappa shape index (κ2) is 6.73. The maximum atomic E-state index is 5.95. The SMILES string of the molecule is NCC(c1cncc(Br)c1)N1CCCSCC1. The fourth-order valence-electron chi connectivity index (χ4n) is 2.18. The second-order valence-corrected chi connectivity index (χ2v) is 6.33. The second-order valence-electron chi connectivity index (χ2n) is 4.19. The summed E-state index contributed by atoms with van der Waals surface area (Å²) < 4.78 is 1.03. The minimum absolute atomic E-state index is 0.304. The predicted octanol–water partition coefficient (Wildman–Crippen LogP) is 2.28. The van der Waals surface area contributed by atoms with E-state index in [0.29, 0.717) is 12.6 Å². The van der Waals surface area contributed by atoms with Crippen molar-refractivity contribution in [2.24, 2.45) is 5.73 Å². The zero-order valence-corrected chi connectivity index (χ0v) is 12.2. The molecule has 0 radical (unpaired) electrons. The molecule has 1 aromatic heterocycles. The van der Waals surface area contributed by atoms with Crippen molar-refractivity contribution in [2.75, 3.05) is 31.1 Å². The van der Waals surface area contributed by atoms with Crippen LogP contribution in [0.4, 0.5) is 0 Å². The summed E-state index contributed by atoms with van der Waals surface area (Å²) >= 11 is 5.51. The van der Waals surface area contributed by atoms with Gasteiger partial charge in [0.25, 0.3) is 0 Å². The molecule has 1 unspecified atom stereocenters. The van der Waals surface area contributed by atoms with Crippen LogP contribution in [0, 0.1) is 0 Å². The average Bonchev–Trinajstić information content (AvgIpc) is 2.59. The van der Waals surface area contributed by atoms with Gasteiger partial charge >= 0.3 is 0 Å². The third-order valence-corrected chi connectivity index (χ3v) is 4.51. The van der Waals surface area contributed by atoms with Gasteiger partial charge in [-0.1, -0.05) is 0 Å². The fraction of sp³-hybridized carbons (Fsp3) is 0.583. The van der Waals surface area contributed by atoms with E-state index in [1.165, 1.54) is 23.5 Å². The summed E-state index contributed by atoms with van der Waals surface area (Å²) in [6.45, 7) is 2.92. The van der Waals surface area contributed by atoms with Crippen molar-refractivity contribution in [3.63, 3.8) is 0 Å². The van der Waals surface area contributed by atoms with E-state index in [9.17, 15) is 0 Å². The number of halogens is 1. The van der Waals surface area contributed by atoms with Gasteiger partial charge in [-0.15, -0.1) is 0 Å². The number of nitrogens with two attached hydrogens (primary N) is 1. The lowest BCUT2D eigenvalue weighted by molar-refractivity contribution is 0.217. The molecule has 2 heterocycles. The minimum Gasteiger partial charge on any atom is -0.329 e. The summed E-state index contributed by atoms with van der Waals surface area (Å²) in [5.41, 5.74) is 7.16. The largest absolute Gasteiger partial charge is 0.329 e. The third-order valence-electron chi connectivity index (χ3n) is 3.03. The molecule has 0 aromatic carbocycles. The zero-order chi connectivity index (χ0) is 12.1. The highest BCUT2D eigenvalue weighted by atomic mass is 79.9. The molecule has 1 fully saturated rings. The molecule has 2 rings (SSSR count). The van der Waals surface area contributed by atoms with Crippen molar-refractivity contribution in [1.29, 1.82) is 0 Å². The van der Waals surface area contributed by atoms with Crippen LogP contribution >= 0.6 is 27.7 Å². The standard InChI is InChI=1S/C12H18BrN3S/c13-11-6-10(8-15-9-11)12(7-14)16-2-1-4-17-5-3-16/h6,8-9,12H,1-5,7,14H2. The van der Waals surface area contributed by atoms with Gasteiger partial charge in [-0.2, -0.15) is 11.8 Å². The Morgan fingerprint density at radius 3 is 3.06 bits per heavy atom. The number of pyridine rings is 1. The van der Waals surface area contributed by atoms with Gasteiger partial charge in [-0.3, -0.25) is 9.88 Å². The third kappa shape index (κ3) is 3.68. The first-order valence-electron chi connectivity index (χ1n) is 5.93. The predicted molar refractivity (Wildman–Crippen MR) is 77.2 cm³/mol. The van der Waals surface area contributed by atoms with Gasteiger partial charge in [0.2, 0.25) is 0 Å². The molecule has 5 heteroatoms. The highest BCUT2D eigenvalue weighted by Gasteiger charge is 2.20. The lowest BCUT2D eigenvalue weighted by atomic mass is 10.1. The molecule has 1 saturated heterocycles. The van der Waals surface area contributed by atoms with E-state index in [1.807, 2.05) is 24.2 Å². The number of rotatable bonds is 3. The Morgan fingerprint density at radius 1 is 1.41 bits per heavy atom. The van der Waals surface area contributed by atoms with Crippen molar-refractivity contribution in [3.05, 3.63) is 28.5 Å². The van der Waals surface area contributed by atoms with Crippen LogP contribution in [0.1, 0.15) is 18.0 Å². The molecule has 0 amide bonds. The van der Waals surface area contributed by atoms with Crippen molar-refractivity contribution in [2.45, 2.75) is 12.5 Å². The first-order chi connectivity index (χ1) is 8.31. The van der Waals surface area contributed by atoms with Crippen molar-refractivity contribution < 1.29 is 0 Å². The van der Waals surface area contributed by atoms with Gasteiger partial charge in [-0.05, 0) is 46.3 Å². The molecule has 3 nitrogen and oxygen atoms in total. The van der Waals surface area contributed by atoms with Crippen LogP contribution in [-0.2, 0) is 0 Å². The molecule has 1 atom stereocenters. The minimum atomic E-state index is 0.304. The average molecular weight is 316 g/mol. The molecule has 0 saturated carbocycles. The molecule has 94 valence electrons. The van der Waals surface area contributed by atoms with E-state index in [4.69, 9.17) is 5.73 Å². The van der Waals surface area contributed by atoms with Gasteiger partial charge in [0.15, 0.2) is 0 Å². The van der Waals surface area contributed by atoms with Gasteiger partial charge in [0.05, 0.1) is 0 Å². The fourth-order valence-corrected chi connectivity index (χ4v) is 3.47. The van der Waals surface area contributed by atoms with Crippen LogP contribution in [0.2, 0.25) is 0 Å². The van der Waals surface area contributed by atoms with E-state index >= 15 is 0 Å². The lowest BCUT2D eigenvalue weighted by Crippen LogP contribution is -2.35. The summed E-state index contributed by atoms with van der Waals surface area (Å²) in [6.07, 6.45) is 5.00. The molecule has 0 spiro atoms. The molecule has 1 aliphatic rings. The number of nitrogens with zero attached hydrogens (tertiary/aromatic N) is 2. The number of thioether (sulfide) groups is 1. The van der Waals surface area contributed by atoms with Crippen molar-refractivity contribution in [3.8, 4) is 0 Å². The van der Waals surface area contributed by atoms with Gasteiger partial charge < -0.3 is 5.73 Å². The molecule has 2 N–H and O–H groups in total. The van der Waals surface area contributed by atoms with Gasteiger partial charge in [-0.25, -0.2) is 0 Å². The van der Waals surface area contributed by atoms with Crippen molar-refractivity contribution >= 4 is 27.7 Å². The maximum Gasteiger partial charge on any atom is 0.0486 e. The Kier molecular flexibility index (Phi) is 5.28. The smallest absolute Gasteiger partial charge is 0.0486 e. The molecular formula is C12H18BrN3S. The van der Waals surface area contributed by atoms with Crippen LogP contribution in [-0.4, -0.2) is 41.0 Å². The first kappa shape index (κ1) is 13.3. The first-order valence-corrected chi connectivity index (χ1v) is 7.88. The summed E-state index contributed by atoms with van der Waals surface area (Å²) in [4.78, 5) is 6.73. The monoisotopic (exact) mass is 315 g/mol. The lowest BCUT2D eigenvalue weighted by Gasteiger charge is -2.29. The van der Waals surface area contributed by atoms with Gasteiger partial charge in [0, 0.05) is 41.8 Å². The highest BCUT2D eigenvalue weighted by molar-refractivity contribution is 9.10. The molecule has 0 bridgehead atoms. The Balaban J connectivity index is 2.14. The zero-order valence-electron chi connectivity index (χ0n) is 9.81. The van der Waals surface area contributed by atoms with E-state index in [0.717, 1.165) is 17.6 Å². The molecule has 1 aromatic rings. The molecule has 1 aliphatic heterocycles. The van der Waals surface area contributed by atoms with E-state index in [1.54, 1.807) is 0 Å². The van der Waals surface area contributed by atoms with E-state index in [2.05, 4.69) is 31.9 Å². The quantitative estimate of drug-likeness (QED) is 0.929. The summed E-state index contributed by atoms with van der Waals surface area (Å²) in [5, 5.41) is 0. The summed E-state index contributed by atoms with van der Waals surface area (Å²) in [7, 11) is 0. The Hall–Kier alpha value is -0.100. The molecule has 17 heavy (non-hydrogen) atoms. The highest BCUT2D eigenvalue weighted by Crippen LogP contribution is 2.24. The Bertz CT molecular complexity index is 353. The van der Waals surface area contributed by atoms with E-state index in [-0.39, 0.29) is 0 Å². The van der Waals surface area contributed by atoms with Crippen LogP contribution < -0.4 is 5.73 Å². The van der Waals surface area contributed by atoms with Crippen LogP contribution in [0.15, 0.2) is 22.9 Å². The van der Waals surface area contributed by atoms with Crippen LogP contribution in [0.5, 0.6) is 0 Å². The number of aromatic nitrogens is 1. The molecule has 0 aliphatic carbocycles. The Morgan fingerprint density at radius 2 is 2.29 bits per heavy atom. The van der Waals surface area contributed by atoms with Gasteiger partial charge in [0.1, 0.15) is 0 Å². The van der Waals surface area contributed by atoms with Crippen LogP contribution in [0.25, 0.3) is 0 Å².